The lowest BCUT2D eigenvalue weighted by molar-refractivity contribution is 0.00695. The molecule has 4 aromatic carbocycles. The molecule has 1 aromatic heterocycles. The average molecular weight is 675 g/mol. The van der Waals surface area contributed by atoms with Gasteiger partial charge in [-0.2, -0.15) is 0 Å². The Morgan fingerprint density at radius 1 is 0.800 bits per heavy atom. The number of nitrogens with one attached hydrogen (secondary N) is 1. The highest BCUT2D eigenvalue weighted by Crippen LogP contribution is 2.41. The largest absolute Gasteiger partial charge is 0.456 e. The molecule has 6 rings (SSSR count). The smallest absolute Gasteiger partial charge is 0.338 e. The first-order valence-electron chi connectivity index (χ1n) is 17.0. The van der Waals surface area contributed by atoms with Crippen LogP contribution in [0.1, 0.15) is 55.1 Å². The van der Waals surface area contributed by atoms with E-state index < -0.39 is 5.60 Å². The maximum atomic E-state index is 12.4. The maximum Gasteiger partial charge on any atom is 0.338 e. The molecule has 1 saturated heterocycles. The lowest BCUT2D eigenvalue weighted by atomic mass is 10.0. The number of aromatic nitrogens is 2. The van der Waals surface area contributed by atoms with Crippen LogP contribution in [0.5, 0.6) is 0 Å². The second-order valence-electron chi connectivity index (χ2n) is 13.7. The van der Waals surface area contributed by atoms with Crippen LogP contribution in [0.4, 0.5) is 34.4 Å². The van der Waals surface area contributed by atoms with E-state index in [9.17, 15) is 4.79 Å². The minimum absolute atomic E-state index is 0.291. The molecule has 0 atom stereocenters. The Labute approximate surface area is 294 Å². The second kappa shape index (κ2) is 14.7. The summed E-state index contributed by atoms with van der Waals surface area (Å²) < 4.78 is 5.49. The summed E-state index contributed by atoms with van der Waals surface area (Å²) in [6.45, 7) is 11.4. The van der Waals surface area contributed by atoms with Gasteiger partial charge >= 0.3 is 5.97 Å². The zero-order chi connectivity index (χ0) is 35.4. The fourth-order valence-electron chi connectivity index (χ4n) is 6.07. The molecule has 1 fully saturated rings. The third kappa shape index (κ3) is 7.98. The third-order valence-corrected chi connectivity index (χ3v) is 8.67. The van der Waals surface area contributed by atoms with Gasteiger partial charge < -0.3 is 15.0 Å². The molecule has 260 valence electrons. The molecule has 10 nitrogen and oxygen atoms in total. The van der Waals surface area contributed by atoms with Gasteiger partial charge in [0.1, 0.15) is 5.60 Å². The number of aryl methyl sites for hydroxylation is 2. The summed E-state index contributed by atoms with van der Waals surface area (Å²) in [7, 11) is 3.32. The van der Waals surface area contributed by atoms with Crippen LogP contribution in [0, 0.1) is 13.8 Å². The van der Waals surface area contributed by atoms with Crippen molar-refractivity contribution >= 4 is 51.3 Å². The molecular formula is C40H46N6O4. The van der Waals surface area contributed by atoms with Crippen LogP contribution in [0.25, 0.3) is 10.9 Å². The molecule has 0 aliphatic carbocycles. The number of hydrogen-bond donors (Lipinski definition) is 1. The van der Waals surface area contributed by atoms with Crippen molar-refractivity contribution in [2.24, 2.45) is 0 Å². The zero-order valence-electron chi connectivity index (χ0n) is 29.9. The van der Waals surface area contributed by atoms with Crippen LogP contribution < -0.4 is 20.3 Å². The number of ether oxygens (including phenoxy) is 1. The highest BCUT2D eigenvalue weighted by molar-refractivity contribution is 5.93. The number of anilines is 6. The fourth-order valence-corrected chi connectivity index (χ4v) is 6.07. The van der Waals surface area contributed by atoms with E-state index in [1.165, 1.54) is 0 Å². The molecule has 0 saturated carbocycles. The number of carbonyl (C=O) groups is 1. The van der Waals surface area contributed by atoms with Crippen molar-refractivity contribution in [1.29, 1.82) is 0 Å². The quantitative estimate of drug-likeness (QED) is 0.115. The number of nitrogens with zero attached hydrogens (tertiary/aromatic N) is 5. The fraction of sp³-hybridized carbons (Fsp3) is 0.325. The summed E-state index contributed by atoms with van der Waals surface area (Å²) in [4.78, 5) is 36.5. The predicted molar refractivity (Wildman–Crippen MR) is 201 cm³/mol. The van der Waals surface area contributed by atoms with Gasteiger partial charge in [-0.15, -0.1) is 0 Å². The molecule has 1 aliphatic heterocycles. The number of rotatable bonds is 10. The topological polar surface area (TPSA) is 92.3 Å². The van der Waals surface area contributed by atoms with Gasteiger partial charge in [0.05, 0.1) is 48.0 Å². The Hall–Kier alpha value is -5.19. The molecule has 0 unspecified atom stereocenters. The van der Waals surface area contributed by atoms with Crippen LogP contribution in [0.3, 0.4) is 0 Å². The van der Waals surface area contributed by atoms with E-state index >= 15 is 0 Å². The number of esters is 1. The highest BCUT2D eigenvalue weighted by Gasteiger charge is 2.25. The average Bonchev–Trinajstić information content (AvgIpc) is 3.10. The summed E-state index contributed by atoms with van der Waals surface area (Å²) >= 11 is 0. The van der Waals surface area contributed by atoms with E-state index in [2.05, 4.69) is 48.3 Å². The van der Waals surface area contributed by atoms with E-state index in [0.717, 1.165) is 76.4 Å². The van der Waals surface area contributed by atoms with Crippen LogP contribution in [0.2, 0.25) is 0 Å². The van der Waals surface area contributed by atoms with Crippen molar-refractivity contribution in [2.75, 3.05) is 47.7 Å². The zero-order valence-corrected chi connectivity index (χ0v) is 29.9. The van der Waals surface area contributed by atoms with Crippen LogP contribution in [-0.4, -0.2) is 54.9 Å². The second-order valence-corrected chi connectivity index (χ2v) is 13.7. The van der Waals surface area contributed by atoms with Crippen LogP contribution in [-0.2, 0) is 14.4 Å². The number of carbonyl (C=O) groups excluding carboxylic acids is 1. The van der Waals surface area contributed by atoms with Crippen molar-refractivity contribution in [3.05, 3.63) is 108 Å². The van der Waals surface area contributed by atoms with Crippen molar-refractivity contribution in [3.8, 4) is 0 Å². The number of hydrogen-bond acceptors (Lipinski definition) is 10. The summed E-state index contributed by atoms with van der Waals surface area (Å²) in [6, 6.07) is 28.3. The number of fused-ring (bicyclic) bond motifs is 1. The molecule has 0 spiro atoms. The van der Waals surface area contributed by atoms with Gasteiger partial charge in [0.15, 0.2) is 0 Å². The lowest BCUT2D eigenvalue weighted by Gasteiger charge is -2.33. The van der Waals surface area contributed by atoms with Gasteiger partial charge in [-0.05, 0) is 108 Å². The molecule has 2 heterocycles. The van der Waals surface area contributed by atoms with E-state index in [1.54, 1.807) is 24.3 Å². The molecule has 0 bridgehead atoms. The summed E-state index contributed by atoms with van der Waals surface area (Å²) in [6.07, 6.45) is 3.72. The molecular weight excluding hydrogens is 628 g/mol. The number of benzene rings is 4. The van der Waals surface area contributed by atoms with E-state index in [0.29, 0.717) is 17.6 Å². The van der Waals surface area contributed by atoms with Gasteiger partial charge in [-0.25, -0.2) is 24.9 Å². The summed E-state index contributed by atoms with van der Waals surface area (Å²) in [5.41, 5.74) is 7.44. The van der Waals surface area contributed by atoms with Crippen LogP contribution in [0.15, 0.2) is 91.1 Å². The molecule has 1 N–H and O–H groups in total. The minimum Gasteiger partial charge on any atom is -0.456 e. The molecule has 0 amide bonds. The summed E-state index contributed by atoms with van der Waals surface area (Å²) in [5.74, 6) is 0.376. The van der Waals surface area contributed by atoms with E-state index in [4.69, 9.17) is 24.4 Å². The van der Waals surface area contributed by atoms with Gasteiger partial charge in [-0.3, -0.25) is 9.68 Å². The first kappa shape index (κ1) is 34.7. The Morgan fingerprint density at radius 2 is 1.34 bits per heavy atom. The molecule has 0 radical (unpaired) electrons. The molecule has 5 aromatic rings. The van der Waals surface area contributed by atoms with Crippen molar-refractivity contribution < 1.29 is 19.2 Å². The SMILES string of the molecule is CON(c1ccc(C)cc1)c1cc2cnc(N3CCC(Nc4ccc(C(=O)OC(C)(C)C)cc4)CC3)nc2cc1N(OC)c1ccc(C)cc1. The third-order valence-electron chi connectivity index (χ3n) is 8.67. The normalized spacial score (nSPS) is 13.7. The standard InChI is InChI=1S/C40H46N6O4/c1-27-8-16-33(17-9-27)45(48-6)36-24-30-26-41-39(43-35(30)25-37(36)46(49-7)34-18-10-28(2)11-19-34)44-22-20-32(21-23-44)42-31-14-12-29(13-15-31)38(47)50-40(3,4)5/h8-19,24-26,32,42H,20-23H2,1-7H3. The molecule has 1 aliphatic rings. The Balaban J connectivity index is 1.23. The van der Waals surface area contributed by atoms with E-state index in [1.807, 2.05) is 87.6 Å². The first-order valence-corrected chi connectivity index (χ1v) is 17.0. The monoisotopic (exact) mass is 674 g/mol. The van der Waals surface area contributed by atoms with Crippen LogP contribution >= 0.6 is 0 Å². The number of piperidine rings is 1. The van der Waals surface area contributed by atoms with Gasteiger partial charge in [0.25, 0.3) is 0 Å². The summed E-state index contributed by atoms with van der Waals surface area (Å²) in [5, 5.41) is 8.10. The van der Waals surface area contributed by atoms with Gasteiger partial charge in [-0.1, -0.05) is 35.4 Å². The predicted octanol–water partition coefficient (Wildman–Crippen LogP) is 8.68. The van der Waals surface area contributed by atoms with Gasteiger partial charge in [0.2, 0.25) is 5.95 Å². The van der Waals surface area contributed by atoms with Crippen molar-refractivity contribution in [3.63, 3.8) is 0 Å². The maximum absolute atomic E-state index is 12.4. The Kier molecular flexibility index (Phi) is 10.2. The molecule has 10 heteroatoms. The minimum atomic E-state index is -0.527. The van der Waals surface area contributed by atoms with E-state index in [-0.39, 0.29) is 5.97 Å². The van der Waals surface area contributed by atoms with Gasteiger partial charge in [0, 0.05) is 36.4 Å². The Morgan fingerprint density at radius 3 is 1.86 bits per heavy atom. The van der Waals surface area contributed by atoms with Crippen molar-refractivity contribution in [1.82, 2.24) is 9.97 Å². The highest BCUT2D eigenvalue weighted by atomic mass is 16.7. The lowest BCUT2D eigenvalue weighted by Crippen LogP contribution is -2.40. The molecule has 50 heavy (non-hydrogen) atoms. The first-order chi connectivity index (χ1) is 24.0. The Bertz CT molecular complexity index is 1920. The van der Waals surface area contributed by atoms with Crippen molar-refractivity contribution in [2.45, 2.75) is 59.1 Å².